The predicted molar refractivity (Wildman–Crippen MR) is 92.4 cm³/mol. The van der Waals surface area contributed by atoms with Crippen molar-refractivity contribution in [1.82, 2.24) is 4.98 Å². The normalized spacial score (nSPS) is 19.2. The molecule has 0 saturated heterocycles. The van der Waals surface area contributed by atoms with Crippen LogP contribution in [0.4, 0.5) is 5.69 Å². The maximum absolute atomic E-state index is 12.4. The van der Waals surface area contributed by atoms with Crippen LogP contribution in [0.2, 0.25) is 0 Å². The van der Waals surface area contributed by atoms with E-state index < -0.39 is 17.8 Å². The highest BCUT2D eigenvalue weighted by Crippen LogP contribution is 2.28. The van der Waals surface area contributed by atoms with Crippen LogP contribution in [0, 0.1) is 11.8 Å². The van der Waals surface area contributed by atoms with Gasteiger partial charge in [-0.05, 0) is 49.2 Å². The summed E-state index contributed by atoms with van der Waals surface area (Å²) >= 11 is 0. The number of nitrogens with one attached hydrogen (secondary N) is 1. The van der Waals surface area contributed by atoms with Crippen LogP contribution in [-0.2, 0) is 9.59 Å². The number of rotatable bonds is 5. The number of nitrogens with zero attached hydrogens (tertiary/aromatic N) is 1. The summed E-state index contributed by atoms with van der Waals surface area (Å²) in [4.78, 5) is 27.6. The zero-order chi connectivity index (χ0) is 17.6. The first-order valence-corrected chi connectivity index (χ1v) is 8.00. The summed E-state index contributed by atoms with van der Waals surface area (Å²) < 4.78 is 5.66. The number of carbonyl (C=O) groups is 2. The van der Waals surface area contributed by atoms with Gasteiger partial charge in [-0.3, -0.25) is 14.6 Å². The second-order valence-electron chi connectivity index (χ2n) is 5.79. The first kappa shape index (κ1) is 16.7. The molecule has 0 saturated carbocycles. The fourth-order valence-corrected chi connectivity index (χ4v) is 2.76. The quantitative estimate of drug-likeness (QED) is 0.815. The van der Waals surface area contributed by atoms with Crippen molar-refractivity contribution in [2.45, 2.75) is 12.8 Å². The molecule has 2 aromatic rings. The molecule has 25 heavy (non-hydrogen) atoms. The Labute approximate surface area is 145 Å². The molecule has 1 aromatic heterocycles. The molecular weight excluding hydrogens is 320 g/mol. The van der Waals surface area contributed by atoms with Gasteiger partial charge >= 0.3 is 5.97 Å². The third-order valence-electron chi connectivity index (χ3n) is 4.09. The van der Waals surface area contributed by atoms with E-state index in [9.17, 15) is 14.7 Å². The Morgan fingerprint density at radius 3 is 2.20 bits per heavy atom. The van der Waals surface area contributed by atoms with E-state index in [-0.39, 0.29) is 5.91 Å². The lowest BCUT2D eigenvalue weighted by atomic mass is 9.82. The molecule has 2 atom stereocenters. The molecule has 3 rings (SSSR count). The molecule has 6 heteroatoms. The number of carboxylic acids is 1. The van der Waals surface area contributed by atoms with Crippen molar-refractivity contribution in [1.29, 1.82) is 0 Å². The molecule has 128 valence electrons. The number of hydrogen-bond acceptors (Lipinski definition) is 4. The number of allylic oxidation sites excluding steroid dienone is 2. The number of ether oxygens (including phenoxy) is 1. The summed E-state index contributed by atoms with van der Waals surface area (Å²) in [6, 6.07) is 10.4. The third-order valence-corrected chi connectivity index (χ3v) is 4.09. The van der Waals surface area contributed by atoms with Crippen LogP contribution in [0.3, 0.4) is 0 Å². The molecule has 1 heterocycles. The topological polar surface area (TPSA) is 88.5 Å². The Balaban J connectivity index is 1.63. The van der Waals surface area contributed by atoms with Crippen LogP contribution in [0.15, 0.2) is 60.9 Å². The van der Waals surface area contributed by atoms with Crippen LogP contribution in [-0.4, -0.2) is 22.0 Å². The Bertz CT molecular complexity index is 772. The predicted octanol–water partition coefficient (Wildman–Crippen LogP) is 3.48. The number of anilines is 1. The van der Waals surface area contributed by atoms with E-state index in [2.05, 4.69) is 10.3 Å². The number of carbonyl (C=O) groups excluding carboxylic acids is 1. The minimum absolute atomic E-state index is 0.278. The summed E-state index contributed by atoms with van der Waals surface area (Å²) in [5.41, 5.74) is 0.603. The van der Waals surface area contributed by atoms with Crippen molar-refractivity contribution in [3.8, 4) is 11.5 Å². The standard InChI is InChI=1S/C19H18N2O4/c22-18(16-3-1-2-4-17(16)19(23)24)21-13-5-7-14(8-6-13)25-15-9-11-20-12-10-15/h1-2,5-12,16-17H,3-4H2,(H,21,22)(H,23,24)/t16-,17+/m1/s1. The van der Waals surface area contributed by atoms with Gasteiger partial charge in [0.05, 0.1) is 11.8 Å². The average Bonchev–Trinajstić information content (AvgIpc) is 2.64. The Morgan fingerprint density at radius 2 is 1.56 bits per heavy atom. The molecule has 0 spiro atoms. The van der Waals surface area contributed by atoms with Gasteiger partial charge in [-0.1, -0.05) is 12.2 Å². The van der Waals surface area contributed by atoms with Gasteiger partial charge in [-0.15, -0.1) is 0 Å². The lowest BCUT2D eigenvalue weighted by molar-refractivity contribution is -0.146. The van der Waals surface area contributed by atoms with Crippen molar-refractivity contribution < 1.29 is 19.4 Å². The van der Waals surface area contributed by atoms with Crippen molar-refractivity contribution in [3.63, 3.8) is 0 Å². The largest absolute Gasteiger partial charge is 0.481 e. The first-order chi connectivity index (χ1) is 12.1. The number of amides is 1. The molecule has 2 N–H and O–H groups in total. The molecule has 6 nitrogen and oxygen atoms in total. The first-order valence-electron chi connectivity index (χ1n) is 8.00. The number of hydrogen-bond donors (Lipinski definition) is 2. The summed E-state index contributed by atoms with van der Waals surface area (Å²) in [6.07, 6.45) is 7.77. The lowest BCUT2D eigenvalue weighted by Crippen LogP contribution is -2.34. The summed E-state index contributed by atoms with van der Waals surface area (Å²) in [6.45, 7) is 0. The number of pyridine rings is 1. The van der Waals surface area contributed by atoms with Gasteiger partial charge in [0.1, 0.15) is 11.5 Å². The maximum atomic E-state index is 12.4. The molecule has 0 fully saturated rings. The second-order valence-corrected chi connectivity index (χ2v) is 5.79. The lowest BCUT2D eigenvalue weighted by Gasteiger charge is -2.24. The van der Waals surface area contributed by atoms with Gasteiger partial charge in [-0.2, -0.15) is 0 Å². The highest BCUT2D eigenvalue weighted by Gasteiger charge is 2.33. The van der Waals surface area contributed by atoms with E-state index in [0.717, 1.165) is 0 Å². The van der Waals surface area contributed by atoms with Crippen molar-refractivity contribution in [2.75, 3.05) is 5.32 Å². The summed E-state index contributed by atoms with van der Waals surface area (Å²) in [5, 5.41) is 12.1. The minimum atomic E-state index is -0.939. The minimum Gasteiger partial charge on any atom is -0.481 e. The summed E-state index contributed by atoms with van der Waals surface area (Å²) in [5.74, 6) is -1.15. The van der Waals surface area contributed by atoms with E-state index in [1.54, 1.807) is 48.8 Å². The van der Waals surface area contributed by atoms with Gasteiger partial charge < -0.3 is 15.2 Å². The van der Waals surface area contributed by atoms with Crippen LogP contribution >= 0.6 is 0 Å². The summed E-state index contributed by atoms with van der Waals surface area (Å²) in [7, 11) is 0. The van der Waals surface area contributed by atoms with E-state index in [0.29, 0.717) is 30.0 Å². The molecular formula is C19H18N2O4. The van der Waals surface area contributed by atoms with Crippen molar-refractivity contribution in [3.05, 3.63) is 60.9 Å². The fraction of sp³-hybridized carbons (Fsp3) is 0.211. The number of aromatic nitrogens is 1. The number of aliphatic carboxylic acids is 1. The second kappa shape index (κ2) is 7.61. The zero-order valence-corrected chi connectivity index (χ0v) is 13.5. The van der Waals surface area contributed by atoms with Gasteiger partial charge in [-0.25, -0.2) is 0 Å². The molecule has 1 aromatic carbocycles. The zero-order valence-electron chi connectivity index (χ0n) is 13.5. The van der Waals surface area contributed by atoms with Crippen LogP contribution < -0.4 is 10.1 Å². The van der Waals surface area contributed by atoms with E-state index >= 15 is 0 Å². The molecule has 0 aliphatic heterocycles. The van der Waals surface area contributed by atoms with Gasteiger partial charge in [0.2, 0.25) is 5.91 Å². The molecule has 0 unspecified atom stereocenters. The van der Waals surface area contributed by atoms with Gasteiger partial charge in [0, 0.05) is 18.1 Å². The monoisotopic (exact) mass is 338 g/mol. The SMILES string of the molecule is O=C(O)[C@H]1CC=CC[C@H]1C(=O)Nc1ccc(Oc2ccncc2)cc1. The number of benzene rings is 1. The number of carboxylic acid groups (broad SMARTS) is 1. The third kappa shape index (κ3) is 4.23. The Morgan fingerprint density at radius 1 is 0.960 bits per heavy atom. The molecule has 1 aliphatic rings. The fourth-order valence-electron chi connectivity index (χ4n) is 2.76. The van der Waals surface area contributed by atoms with Crippen molar-refractivity contribution in [2.24, 2.45) is 11.8 Å². The van der Waals surface area contributed by atoms with Gasteiger partial charge in [0.15, 0.2) is 0 Å². The van der Waals surface area contributed by atoms with E-state index in [1.807, 2.05) is 12.2 Å². The molecule has 1 amide bonds. The highest BCUT2D eigenvalue weighted by molar-refractivity contribution is 5.95. The Hall–Kier alpha value is -3.15. The average molecular weight is 338 g/mol. The highest BCUT2D eigenvalue weighted by atomic mass is 16.5. The van der Waals surface area contributed by atoms with Gasteiger partial charge in [0.25, 0.3) is 0 Å². The molecule has 0 bridgehead atoms. The smallest absolute Gasteiger partial charge is 0.307 e. The van der Waals surface area contributed by atoms with Crippen LogP contribution in [0.1, 0.15) is 12.8 Å². The van der Waals surface area contributed by atoms with Crippen molar-refractivity contribution >= 4 is 17.6 Å². The molecule has 1 aliphatic carbocycles. The van der Waals surface area contributed by atoms with E-state index in [4.69, 9.17) is 4.74 Å². The maximum Gasteiger partial charge on any atom is 0.307 e. The van der Waals surface area contributed by atoms with E-state index in [1.165, 1.54) is 0 Å². The Kier molecular flexibility index (Phi) is 5.09. The van der Waals surface area contributed by atoms with Crippen LogP contribution in [0.5, 0.6) is 11.5 Å². The van der Waals surface area contributed by atoms with Crippen LogP contribution in [0.25, 0.3) is 0 Å². The molecule has 0 radical (unpaired) electrons.